The van der Waals surface area contributed by atoms with Gasteiger partial charge in [0.2, 0.25) is 5.95 Å². The minimum Gasteiger partial charge on any atom is -0.351 e. The zero-order chi connectivity index (χ0) is 15.9. The lowest BCUT2D eigenvalue weighted by Crippen LogP contribution is -2.05. The van der Waals surface area contributed by atoms with Crippen LogP contribution in [0, 0.1) is 0 Å². The molecule has 0 bridgehead atoms. The summed E-state index contributed by atoms with van der Waals surface area (Å²) in [6.07, 6.45) is 5.98. The van der Waals surface area contributed by atoms with Gasteiger partial charge in [-0.2, -0.15) is 9.73 Å². The molecule has 1 aliphatic carbocycles. The van der Waals surface area contributed by atoms with Crippen molar-refractivity contribution in [3.8, 4) is 21.8 Å². The molecule has 0 aliphatic heterocycles. The van der Waals surface area contributed by atoms with Crippen LogP contribution in [-0.2, 0) is 0 Å². The topological polar surface area (TPSA) is 68.0 Å². The molecule has 0 aromatic carbocycles. The van der Waals surface area contributed by atoms with Gasteiger partial charge in [-0.3, -0.25) is 0 Å². The average Bonchev–Trinajstić information content (AvgIpc) is 3.12. The number of fused-ring (bicyclic) bond motifs is 1. The molecule has 4 aromatic rings. The fraction of sp³-hybridized carbons (Fsp3) is 0.176. The van der Waals surface area contributed by atoms with Crippen molar-refractivity contribution in [2.24, 2.45) is 0 Å². The highest BCUT2D eigenvalue weighted by Gasteiger charge is 2.22. The second-order valence-corrected chi connectivity index (χ2v) is 6.76. The maximum Gasteiger partial charge on any atom is 0.223 e. The van der Waals surface area contributed by atoms with E-state index in [2.05, 4.69) is 31.5 Å². The summed E-state index contributed by atoms with van der Waals surface area (Å²) in [5.74, 6) is 0.678. The number of hydrogen-bond acceptors (Lipinski definition) is 6. The lowest BCUT2D eigenvalue weighted by atomic mass is 10.2. The van der Waals surface area contributed by atoms with Crippen LogP contribution in [0.2, 0.25) is 0 Å². The first-order valence-corrected chi connectivity index (χ1v) is 8.74. The highest BCUT2D eigenvalue weighted by molar-refractivity contribution is 7.13. The van der Waals surface area contributed by atoms with Gasteiger partial charge in [-0.1, -0.05) is 6.07 Å². The molecule has 4 aromatic heterocycles. The van der Waals surface area contributed by atoms with Gasteiger partial charge in [0.15, 0.2) is 0 Å². The summed E-state index contributed by atoms with van der Waals surface area (Å²) in [7, 11) is 0. The summed E-state index contributed by atoms with van der Waals surface area (Å²) in [6.45, 7) is 0. The number of nitrogens with zero attached hydrogens (tertiary/aromatic N) is 5. The zero-order valence-electron chi connectivity index (χ0n) is 12.8. The molecular formula is C17H14N6S. The average molecular weight is 334 g/mol. The Morgan fingerprint density at radius 1 is 1.12 bits per heavy atom. The van der Waals surface area contributed by atoms with Crippen molar-refractivity contribution in [1.29, 1.82) is 0 Å². The van der Waals surface area contributed by atoms with Gasteiger partial charge in [0, 0.05) is 17.8 Å². The molecule has 4 heterocycles. The van der Waals surface area contributed by atoms with Crippen molar-refractivity contribution in [2.75, 3.05) is 5.32 Å². The molecule has 0 spiro atoms. The Morgan fingerprint density at radius 2 is 2.08 bits per heavy atom. The van der Waals surface area contributed by atoms with Crippen molar-refractivity contribution in [1.82, 2.24) is 24.8 Å². The van der Waals surface area contributed by atoms with E-state index in [-0.39, 0.29) is 0 Å². The number of thiophene rings is 1. The Labute approximate surface area is 142 Å². The highest BCUT2D eigenvalue weighted by atomic mass is 32.1. The van der Waals surface area contributed by atoms with Gasteiger partial charge >= 0.3 is 0 Å². The standard InChI is InChI=1S/C17H14N6S/c1-2-16(24-9-1)14-5-6-15-12(10-19-23(15)22-14)13-7-8-18-17(21-13)20-11-3-4-11/h1-2,5-11H,3-4H2,(H,18,20,21). The van der Waals surface area contributed by atoms with E-state index in [9.17, 15) is 0 Å². The summed E-state index contributed by atoms with van der Waals surface area (Å²) < 4.78 is 1.67. The normalized spacial score (nSPS) is 14.2. The zero-order valence-corrected chi connectivity index (χ0v) is 13.6. The monoisotopic (exact) mass is 334 g/mol. The lowest BCUT2D eigenvalue weighted by molar-refractivity contribution is 0.805. The van der Waals surface area contributed by atoms with E-state index in [4.69, 9.17) is 0 Å². The number of hydrogen-bond donors (Lipinski definition) is 1. The summed E-state index contributed by atoms with van der Waals surface area (Å²) >= 11 is 1.67. The largest absolute Gasteiger partial charge is 0.351 e. The fourth-order valence-electron chi connectivity index (χ4n) is 2.62. The fourth-order valence-corrected chi connectivity index (χ4v) is 3.31. The van der Waals surface area contributed by atoms with E-state index in [0.717, 1.165) is 27.3 Å². The third-order valence-electron chi connectivity index (χ3n) is 4.00. The Balaban J connectivity index is 1.55. The predicted octanol–water partition coefficient (Wildman–Crippen LogP) is 3.49. The molecule has 1 aliphatic rings. The number of nitrogens with one attached hydrogen (secondary N) is 1. The Bertz CT molecular complexity index is 1000. The molecule has 0 amide bonds. The Kier molecular flexibility index (Phi) is 3.05. The van der Waals surface area contributed by atoms with E-state index in [1.54, 1.807) is 22.2 Å². The summed E-state index contributed by atoms with van der Waals surface area (Å²) in [6, 6.07) is 10.6. The van der Waals surface area contributed by atoms with E-state index in [0.29, 0.717) is 12.0 Å². The number of rotatable bonds is 4. The van der Waals surface area contributed by atoms with Crippen molar-refractivity contribution < 1.29 is 0 Å². The van der Waals surface area contributed by atoms with Crippen LogP contribution in [0.25, 0.3) is 27.3 Å². The predicted molar refractivity (Wildman–Crippen MR) is 94.0 cm³/mol. The van der Waals surface area contributed by atoms with Crippen molar-refractivity contribution in [3.05, 3.63) is 48.1 Å². The van der Waals surface area contributed by atoms with Crippen molar-refractivity contribution in [3.63, 3.8) is 0 Å². The van der Waals surface area contributed by atoms with Crippen LogP contribution < -0.4 is 5.32 Å². The first kappa shape index (κ1) is 13.6. The van der Waals surface area contributed by atoms with Gasteiger partial charge in [-0.15, -0.1) is 16.4 Å². The van der Waals surface area contributed by atoms with Crippen LogP contribution >= 0.6 is 11.3 Å². The van der Waals surface area contributed by atoms with Crippen LogP contribution in [0.1, 0.15) is 12.8 Å². The maximum absolute atomic E-state index is 4.62. The van der Waals surface area contributed by atoms with Crippen LogP contribution in [0.15, 0.2) is 48.1 Å². The van der Waals surface area contributed by atoms with Crippen LogP contribution in [0.3, 0.4) is 0 Å². The first-order chi connectivity index (χ1) is 11.9. The molecular weight excluding hydrogens is 320 g/mol. The summed E-state index contributed by atoms with van der Waals surface area (Å²) in [5.41, 5.74) is 3.67. The molecule has 1 fully saturated rings. The van der Waals surface area contributed by atoms with E-state index >= 15 is 0 Å². The van der Waals surface area contributed by atoms with E-state index < -0.39 is 0 Å². The molecule has 7 heteroatoms. The second-order valence-electron chi connectivity index (χ2n) is 5.81. The van der Waals surface area contributed by atoms with Crippen LogP contribution in [-0.4, -0.2) is 30.8 Å². The number of aromatic nitrogens is 5. The quantitative estimate of drug-likeness (QED) is 0.619. The Hall–Kier alpha value is -2.80. The summed E-state index contributed by atoms with van der Waals surface area (Å²) in [4.78, 5) is 10.0. The van der Waals surface area contributed by atoms with E-state index in [1.165, 1.54) is 12.8 Å². The molecule has 1 N–H and O–H groups in total. The van der Waals surface area contributed by atoms with Gasteiger partial charge < -0.3 is 5.32 Å². The van der Waals surface area contributed by atoms with Crippen molar-refractivity contribution >= 4 is 22.8 Å². The molecule has 118 valence electrons. The van der Waals surface area contributed by atoms with E-state index in [1.807, 2.05) is 35.8 Å². The van der Waals surface area contributed by atoms with Crippen molar-refractivity contribution in [2.45, 2.75) is 18.9 Å². The first-order valence-electron chi connectivity index (χ1n) is 7.86. The minimum atomic E-state index is 0.527. The molecule has 6 nitrogen and oxygen atoms in total. The molecule has 0 radical (unpaired) electrons. The molecule has 0 atom stereocenters. The maximum atomic E-state index is 4.62. The third-order valence-corrected chi connectivity index (χ3v) is 4.90. The van der Waals surface area contributed by atoms with Gasteiger partial charge in [0.05, 0.1) is 22.3 Å². The summed E-state index contributed by atoms with van der Waals surface area (Å²) in [5, 5.41) is 14.4. The van der Waals surface area contributed by atoms with Crippen LogP contribution in [0.4, 0.5) is 5.95 Å². The third kappa shape index (κ3) is 2.43. The molecule has 5 rings (SSSR count). The number of anilines is 1. The minimum absolute atomic E-state index is 0.527. The lowest BCUT2D eigenvalue weighted by Gasteiger charge is -2.04. The Morgan fingerprint density at radius 3 is 2.92 bits per heavy atom. The van der Waals surface area contributed by atoms with Gasteiger partial charge in [0.25, 0.3) is 0 Å². The highest BCUT2D eigenvalue weighted by Crippen LogP contribution is 2.28. The SMILES string of the molecule is c1csc(-c2ccc3c(-c4ccnc(NC5CC5)n4)cnn3n2)c1. The van der Waals surface area contributed by atoms with Gasteiger partial charge in [-0.25, -0.2) is 9.97 Å². The second kappa shape index (κ2) is 5.38. The molecule has 0 saturated heterocycles. The molecule has 0 unspecified atom stereocenters. The smallest absolute Gasteiger partial charge is 0.223 e. The van der Waals surface area contributed by atoms with Crippen LogP contribution in [0.5, 0.6) is 0 Å². The van der Waals surface area contributed by atoms with Gasteiger partial charge in [0.1, 0.15) is 5.69 Å². The molecule has 24 heavy (non-hydrogen) atoms. The molecule has 1 saturated carbocycles. The van der Waals surface area contributed by atoms with Gasteiger partial charge in [-0.05, 0) is 42.5 Å².